The lowest BCUT2D eigenvalue weighted by molar-refractivity contribution is -0.150. The molecular weight excluding hydrogens is 549 g/mol. The fraction of sp³-hybridized carbons (Fsp3) is 0.250. The summed E-state index contributed by atoms with van der Waals surface area (Å²) in [6.07, 6.45) is 0. The maximum atomic E-state index is 13.0. The fourth-order valence-electron chi connectivity index (χ4n) is 3.62. The monoisotopic (exact) mass is 567 g/mol. The number of nitrogens with one attached hydrogen (secondary N) is 2. The molecule has 0 unspecified atom stereocenters. The number of carbonyl (C=O) groups excluding carboxylic acids is 3. The number of esters is 1. The van der Waals surface area contributed by atoms with Crippen LogP contribution in [0.15, 0.2) is 47.0 Å². The molecule has 2 amide bonds. The molecule has 0 radical (unpaired) electrons. The smallest absolute Gasteiger partial charge is 0.319 e. The van der Waals surface area contributed by atoms with Crippen molar-refractivity contribution < 1.29 is 23.9 Å². The molecule has 12 heteroatoms. The first-order valence-corrected chi connectivity index (χ1v) is 12.6. The van der Waals surface area contributed by atoms with E-state index < -0.39 is 29.6 Å². The van der Waals surface area contributed by atoms with Crippen LogP contribution in [0.25, 0.3) is 0 Å². The number of nitriles is 1. The molecule has 2 aromatic carbocycles. The predicted molar refractivity (Wildman–Crippen MR) is 139 cm³/mol. The standard InChI is InChI=1S/C24H20Cl3N3O5S/c1-3-35-18-5-4-12(6-17(18)27)20-16(10-28)23(30-22(32)21(20)24(33)34-2)36-11-19(31)29-15-8-13(25)7-14(26)9-15/h4-9,20-21H,3,11H2,1-2H3,(H,29,31)(H,30,32)/t20-,21-/m0/s1. The number of halogens is 3. The highest BCUT2D eigenvalue weighted by Crippen LogP contribution is 2.42. The van der Waals surface area contributed by atoms with Gasteiger partial charge >= 0.3 is 5.97 Å². The van der Waals surface area contributed by atoms with Gasteiger partial charge in [-0.2, -0.15) is 5.26 Å². The number of allylic oxidation sites excluding steroid dienone is 1. The first-order valence-electron chi connectivity index (χ1n) is 10.5. The van der Waals surface area contributed by atoms with Gasteiger partial charge in [-0.05, 0) is 42.8 Å². The number of methoxy groups -OCH3 is 1. The van der Waals surface area contributed by atoms with E-state index in [0.29, 0.717) is 33.7 Å². The molecule has 0 saturated carbocycles. The zero-order chi connectivity index (χ0) is 26.4. The van der Waals surface area contributed by atoms with E-state index in [9.17, 15) is 19.6 Å². The summed E-state index contributed by atoms with van der Waals surface area (Å²) in [6.45, 7) is 2.20. The number of anilines is 1. The Morgan fingerprint density at radius 1 is 1.17 bits per heavy atom. The predicted octanol–water partition coefficient (Wildman–Crippen LogP) is 5.16. The summed E-state index contributed by atoms with van der Waals surface area (Å²) in [6, 6.07) is 11.4. The van der Waals surface area contributed by atoms with Crippen molar-refractivity contribution in [3.8, 4) is 11.8 Å². The Hall–Kier alpha value is -2.90. The summed E-state index contributed by atoms with van der Waals surface area (Å²) < 4.78 is 10.3. The molecular formula is C24H20Cl3N3O5S. The van der Waals surface area contributed by atoms with Gasteiger partial charge in [0.25, 0.3) is 0 Å². The number of amides is 2. The summed E-state index contributed by atoms with van der Waals surface area (Å²) in [5.41, 5.74) is 0.933. The summed E-state index contributed by atoms with van der Waals surface area (Å²) in [4.78, 5) is 38.0. The number of hydrogen-bond donors (Lipinski definition) is 2. The lowest BCUT2D eigenvalue weighted by Crippen LogP contribution is -2.44. The lowest BCUT2D eigenvalue weighted by atomic mass is 9.78. The molecule has 0 aromatic heterocycles. The largest absolute Gasteiger partial charge is 0.492 e. The molecule has 0 fully saturated rings. The molecule has 8 nitrogen and oxygen atoms in total. The highest BCUT2D eigenvalue weighted by Gasteiger charge is 2.44. The van der Waals surface area contributed by atoms with Crippen molar-refractivity contribution in [1.82, 2.24) is 5.32 Å². The van der Waals surface area contributed by atoms with Gasteiger partial charge in [-0.15, -0.1) is 0 Å². The maximum Gasteiger partial charge on any atom is 0.319 e. The van der Waals surface area contributed by atoms with Crippen LogP contribution < -0.4 is 15.4 Å². The molecule has 0 aliphatic carbocycles. The van der Waals surface area contributed by atoms with E-state index in [0.717, 1.165) is 18.9 Å². The van der Waals surface area contributed by atoms with Crippen molar-refractivity contribution in [3.63, 3.8) is 0 Å². The van der Waals surface area contributed by atoms with Crippen molar-refractivity contribution in [2.75, 3.05) is 24.8 Å². The van der Waals surface area contributed by atoms with Gasteiger partial charge in [-0.25, -0.2) is 0 Å². The third kappa shape index (κ3) is 6.45. The second kappa shape index (κ2) is 12.4. The summed E-state index contributed by atoms with van der Waals surface area (Å²) in [7, 11) is 1.16. The van der Waals surface area contributed by atoms with Crippen LogP contribution in [0.3, 0.4) is 0 Å². The number of benzene rings is 2. The first kappa shape index (κ1) is 27.7. The summed E-state index contributed by atoms with van der Waals surface area (Å²) >= 11 is 19.2. The van der Waals surface area contributed by atoms with Crippen molar-refractivity contribution in [2.24, 2.45) is 5.92 Å². The van der Waals surface area contributed by atoms with Crippen LogP contribution in [0.1, 0.15) is 18.4 Å². The van der Waals surface area contributed by atoms with E-state index in [1.54, 1.807) is 25.1 Å². The van der Waals surface area contributed by atoms with Gasteiger partial charge in [0.05, 0.1) is 41.2 Å². The molecule has 1 heterocycles. The topological polar surface area (TPSA) is 118 Å². The van der Waals surface area contributed by atoms with E-state index in [1.165, 1.54) is 18.2 Å². The van der Waals surface area contributed by atoms with Crippen LogP contribution in [0.5, 0.6) is 5.75 Å². The fourth-order valence-corrected chi connectivity index (χ4v) is 5.24. The van der Waals surface area contributed by atoms with Crippen molar-refractivity contribution in [1.29, 1.82) is 5.26 Å². The minimum atomic E-state index is -1.33. The molecule has 2 atom stereocenters. The minimum absolute atomic E-state index is 0.0915. The zero-order valence-corrected chi connectivity index (χ0v) is 22.1. The van der Waals surface area contributed by atoms with Gasteiger partial charge in [-0.3, -0.25) is 14.4 Å². The van der Waals surface area contributed by atoms with Crippen LogP contribution >= 0.6 is 46.6 Å². The molecule has 0 bridgehead atoms. The Labute approximate surface area is 226 Å². The second-order valence-corrected chi connectivity index (χ2v) is 9.71. The minimum Gasteiger partial charge on any atom is -0.492 e. The van der Waals surface area contributed by atoms with Crippen LogP contribution in [-0.4, -0.2) is 37.3 Å². The molecule has 188 valence electrons. The second-order valence-electron chi connectivity index (χ2n) is 7.44. The molecule has 2 aromatic rings. The van der Waals surface area contributed by atoms with Crippen molar-refractivity contribution >= 4 is 70.0 Å². The number of hydrogen-bond acceptors (Lipinski definition) is 7. The van der Waals surface area contributed by atoms with Crippen molar-refractivity contribution in [2.45, 2.75) is 12.8 Å². The number of rotatable bonds is 8. The third-order valence-corrected chi connectivity index (χ3v) is 6.84. The maximum absolute atomic E-state index is 13.0. The Balaban J connectivity index is 1.92. The van der Waals surface area contributed by atoms with Crippen LogP contribution in [-0.2, 0) is 19.1 Å². The van der Waals surface area contributed by atoms with Gasteiger partial charge in [0.15, 0.2) is 0 Å². The Kier molecular flexibility index (Phi) is 9.51. The molecule has 1 aliphatic heterocycles. The molecule has 36 heavy (non-hydrogen) atoms. The molecule has 3 rings (SSSR count). The number of nitrogens with zero attached hydrogens (tertiary/aromatic N) is 1. The number of thioether (sulfide) groups is 1. The van der Waals surface area contributed by atoms with E-state index in [1.807, 2.05) is 0 Å². The normalized spacial score (nSPS) is 17.2. The highest BCUT2D eigenvalue weighted by molar-refractivity contribution is 8.03. The van der Waals surface area contributed by atoms with Crippen LogP contribution in [0.2, 0.25) is 15.1 Å². The highest BCUT2D eigenvalue weighted by atomic mass is 35.5. The van der Waals surface area contributed by atoms with Gasteiger partial charge in [0.2, 0.25) is 11.8 Å². The van der Waals surface area contributed by atoms with E-state index >= 15 is 0 Å². The average molecular weight is 569 g/mol. The lowest BCUT2D eigenvalue weighted by Gasteiger charge is -2.31. The van der Waals surface area contributed by atoms with Gasteiger partial charge in [-0.1, -0.05) is 52.6 Å². The first-order chi connectivity index (χ1) is 17.2. The van der Waals surface area contributed by atoms with Crippen LogP contribution in [0, 0.1) is 17.2 Å². The Morgan fingerprint density at radius 2 is 1.86 bits per heavy atom. The summed E-state index contributed by atoms with van der Waals surface area (Å²) in [5.74, 6) is -3.94. The molecule has 2 N–H and O–H groups in total. The van der Waals surface area contributed by atoms with Gasteiger partial charge in [0.1, 0.15) is 11.7 Å². The molecule has 0 saturated heterocycles. The van der Waals surface area contributed by atoms with Crippen molar-refractivity contribution in [3.05, 3.63) is 67.6 Å². The van der Waals surface area contributed by atoms with E-state index in [2.05, 4.69) is 16.7 Å². The van der Waals surface area contributed by atoms with E-state index in [4.69, 9.17) is 44.3 Å². The summed E-state index contributed by atoms with van der Waals surface area (Å²) in [5, 5.41) is 16.3. The van der Waals surface area contributed by atoms with E-state index in [-0.39, 0.29) is 21.4 Å². The van der Waals surface area contributed by atoms with Gasteiger partial charge < -0.3 is 20.1 Å². The Bertz CT molecular complexity index is 1260. The molecule has 1 aliphatic rings. The number of carbonyl (C=O) groups is 3. The SMILES string of the molecule is CCOc1ccc([C@H]2C(C#N)=C(SCC(=O)Nc3cc(Cl)cc(Cl)c3)NC(=O)[C@H]2C(=O)OC)cc1Cl. The zero-order valence-electron chi connectivity index (χ0n) is 19.1. The number of ether oxygens (including phenoxy) is 2. The Morgan fingerprint density at radius 3 is 2.44 bits per heavy atom. The molecule has 0 spiro atoms. The van der Waals surface area contributed by atoms with Crippen LogP contribution in [0.4, 0.5) is 5.69 Å². The van der Waals surface area contributed by atoms with Gasteiger partial charge in [0, 0.05) is 21.7 Å². The third-order valence-electron chi connectivity index (χ3n) is 5.09. The average Bonchev–Trinajstić information content (AvgIpc) is 2.82. The quantitative estimate of drug-likeness (QED) is 0.334.